The Bertz CT molecular complexity index is 525. The number of aliphatic carboxylic acids is 2. The van der Waals surface area contributed by atoms with Gasteiger partial charge in [-0.25, -0.2) is 0 Å². The highest BCUT2D eigenvalue weighted by molar-refractivity contribution is 5.92. The predicted octanol–water partition coefficient (Wildman–Crippen LogP) is 1.39. The summed E-state index contributed by atoms with van der Waals surface area (Å²) < 4.78 is 4.82. The minimum Gasteiger partial charge on any atom is -0.481 e. The van der Waals surface area contributed by atoms with E-state index in [9.17, 15) is 19.2 Å². The van der Waals surface area contributed by atoms with Gasteiger partial charge in [-0.05, 0) is 25.7 Å². The van der Waals surface area contributed by atoms with E-state index < -0.39 is 47.5 Å². The molecule has 0 bridgehead atoms. The summed E-state index contributed by atoms with van der Waals surface area (Å²) in [5.41, 5.74) is 0. The Labute approximate surface area is 132 Å². The second-order valence-electron chi connectivity index (χ2n) is 5.73. The van der Waals surface area contributed by atoms with Crippen LogP contribution in [0.5, 0.6) is 0 Å². The molecule has 4 unspecified atom stereocenters. The van der Waals surface area contributed by atoms with Crippen LogP contribution in [0.4, 0.5) is 0 Å². The molecule has 0 amide bonds. The van der Waals surface area contributed by atoms with Crippen molar-refractivity contribution in [2.24, 2.45) is 23.7 Å². The second kappa shape index (κ2) is 7.21. The summed E-state index contributed by atoms with van der Waals surface area (Å²) >= 11 is 0. The molecule has 0 heterocycles. The first kappa shape index (κ1) is 16.9. The zero-order valence-electron chi connectivity index (χ0n) is 12.4. The van der Waals surface area contributed by atoms with E-state index in [1.54, 1.807) is 24.3 Å². The van der Waals surface area contributed by atoms with Crippen LogP contribution in [-0.4, -0.2) is 34.1 Å². The molecule has 2 N–H and O–H groups in total. The SMILES string of the molecule is O=C(O)C1CC=CCC1C(=O)OC(=O)C1CC=CCC1C(=O)O. The fraction of sp³-hybridized carbons (Fsp3) is 0.500. The van der Waals surface area contributed by atoms with Crippen molar-refractivity contribution in [3.63, 3.8) is 0 Å². The number of allylic oxidation sites excluding steroid dienone is 4. The number of esters is 2. The van der Waals surface area contributed by atoms with Crippen molar-refractivity contribution < 1.29 is 34.1 Å². The van der Waals surface area contributed by atoms with E-state index in [0.717, 1.165) is 0 Å². The van der Waals surface area contributed by atoms with Crippen LogP contribution in [0.15, 0.2) is 24.3 Å². The minimum absolute atomic E-state index is 0.190. The monoisotopic (exact) mass is 322 g/mol. The van der Waals surface area contributed by atoms with Gasteiger partial charge in [0.25, 0.3) is 0 Å². The number of carbonyl (C=O) groups excluding carboxylic acids is 2. The molecule has 0 saturated carbocycles. The van der Waals surface area contributed by atoms with E-state index in [2.05, 4.69) is 0 Å². The van der Waals surface area contributed by atoms with Crippen molar-refractivity contribution in [2.45, 2.75) is 25.7 Å². The minimum atomic E-state index is -1.12. The van der Waals surface area contributed by atoms with Crippen molar-refractivity contribution >= 4 is 23.9 Å². The maximum absolute atomic E-state index is 12.1. The van der Waals surface area contributed by atoms with Gasteiger partial charge in [-0.15, -0.1) is 0 Å². The fourth-order valence-corrected chi connectivity index (χ4v) is 2.95. The fourth-order valence-electron chi connectivity index (χ4n) is 2.95. The van der Waals surface area contributed by atoms with Gasteiger partial charge < -0.3 is 14.9 Å². The molecule has 2 aliphatic carbocycles. The van der Waals surface area contributed by atoms with E-state index in [1.807, 2.05) is 0 Å². The third-order valence-corrected chi connectivity index (χ3v) is 4.31. The molecule has 0 radical (unpaired) electrons. The summed E-state index contributed by atoms with van der Waals surface area (Å²) in [6.07, 6.45) is 7.50. The zero-order chi connectivity index (χ0) is 17.0. The Kier molecular flexibility index (Phi) is 5.31. The molecule has 0 aromatic rings. The van der Waals surface area contributed by atoms with Crippen LogP contribution < -0.4 is 0 Å². The zero-order valence-corrected chi connectivity index (χ0v) is 12.4. The molecule has 0 aromatic heterocycles. The summed E-state index contributed by atoms with van der Waals surface area (Å²) in [7, 11) is 0. The molecule has 7 nitrogen and oxygen atoms in total. The Morgan fingerprint density at radius 2 is 0.957 bits per heavy atom. The highest BCUT2D eigenvalue weighted by Gasteiger charge is 2.40. The molecule has 124 valence electrons. The van der Waals surface area contributed by atoms with Crippen LogP contribution in [0, 0.1) is 23.7 Å². The standard InChI is InChI=1S/C16H18O7/c17-13(18)9-5-1-3-7-11(9)15(21)23-16(22)12-8-4-2-6-10(12)14(19)20/h1-4,9-12H,5-8H2,(H,17,18)(H,19,20). The molecule has 2 rings (SSSR count). The molecule has 7 heteroatoms. The maximum Gasteiger partial charge on any atom is 0.317 e. The van der Waals surface area contributed by atoms with Crippen molar-refractivity contribution in [1.29, 1.82) is 0 Å². The van der Waals surface area contributed by atoms with E-state index >= 15 is 0 Å². The van der Waals surface area contributed by atoms with Gasteiger partial charge in [0.2, 0.25) is 0 Å². The van der Waals surface area contributed by atoms with Crippen LogP contribution in [0.1, 0.15) is 25.7 Å². The topological polar surface area (TPSA) is 118 Å². The van der Waals surface area contributed by atoms with Gasteiger partial charge in [-0.2, -0.15) is 0 Å². The molecule has 23 heavy (non-hydrogen) atoms. The lowest BCUT2D eigenvalue weighted by molar-refractivity contribution is -0.172. The summed E-state index contributed by atoms with van der Waals surface area (Å²) in [5.74, 6) is -7.74. The van der Waals surface area contributed by atoms with E-state index in [0.29, 0.717) is 0 Å². The van der Waals surface area contributed by atoms with Gasteiger partial charge in [0.1, 0.15) is 0 Å². The Hall–Kier alpha value is -2.44. The number of hydrogen-bond donors (Lipinski definition) is 2. The smallest absolute Gasteiger partial charge is 0.317 e. The van der Waals surface area contributed by atoms with Gasteiger partial charge in [-0.3, -0.25) is 19.2 Å². The van der Waals surface area contributed by atoms with E-state index in [4.69, 9.17) is 14.9 Å². The highest BCUT2D eigenvalue weighted by atomic mass is 16.6. The number of ether oxygens (including phenoxy) is 1. The van der Waals surface area contributed by atoms with Crippen molar-refractivity contribution in [1.82, 2.24) is 0 Å². The maximum atomic E-state index is 12.1. The molecular formula is C16H18O7. The van der Waals surface area contributed by atoms with Gasteiger partial charge in [0.15, 0.2) is 0 Å². The van der Waals surface area contributed by atoms with Crippen molar-refractivity contribution in [3.05, 3.63) is 24.3 Å². The van der Waals surface area contributed by atoms with Crippen LogP contribution in [-0.2, 0) is 23.9 Å². The van der Waals surface area contributed by atoms with Crippen LogP contribution >= 0.6 is 0 Å². The third kappa shape index (κ3) is 3.85. The molecule has 4 atom stereocenters. The van der Waals surface area contributed by atoms with Crippen LogP contribution in [0.25, 0.3) is 0 Å². The van der Waals surface area contributed by atoms with Crippen molar-refractivity contribution in [2.75, 3.05) is 0 Å². The first-order valence-electron chi connectivity index (χ1n) is 7.43. The molecule has 2 aliphatic rings. The molecule has 0 fully saturated rings. The van der Waals surface area contributed by atoms with Gasteiger partial charge >= 0.3 is 23.9 Å². The number of rotatable bonds is 4. The summed E-state index contributed by atoms with van der Waals surface area (Å²) in [6.45, 7) is 0. The molecule has 0 aromatic carbocycles. The Morgan fingerprint density at radius 3 is 1.26 bits per heavy atom. The first-order chi connectivity index (χ1) is 10.9. The normalized spacial score (nSPS) is 29.7. The highest BCUT2D eigenvalue weighted by Crippen LogP contribution is 2.30. The lowest BCUT2D eigenvalue weighted by Crippen LogP contribution is -2.37. The quantitative estimate of drug-likeness (QED) is 0.456. The summed E-state index contributed by atoms with van der Waals surface area (Å²) in [6, 6.07) is 0. The van der Waals surface area contributed by atoms with E-state index in [-0.39, 0.29) is 25.7 Å². The van der Waals surface area contributed by atoms with Gasteiger partial charge in [0.05, 0.1) is 23.7 Å². The lowest BCUT2D eigenvalue weighted by Gasteiger charge is -2.26. The number of carboxylic acids is 2. The van der Waals surface area contributed by atoms with Crippen LogP contribution in [0.2, 0.25) is 0 Å². The molecule has 0 spiro atoms. The van der Waals surface area contributed by atoms with Crippen LogP contribution in [0.3, 0.4) is 0 Å². The van der Waals surface area contributed by atoms with E-state index in [1.165, 1.54) is 0 Å². The summed E-state index contributed by atoms with van der Waals surface area (Å²) in [4.78, 5) is 46.6. The van der Waals surface area contributed by atoms with Crippen molar-refractivity contribution in [3.8, 4) is 0 Å². The lowest BCUT2D eigenvalue weighted by atomic mass is 9.82. The average Bonchev–Trinajstić information content (AvgIpc) is 2.54. The summed E-state index contributed by atoms with van der Waals surface area (Å²) in [5, 5.41) is 18.3. The van der Waals surface area contributed by atoms with Gasteiger partial charge in [-0.1, -0.05) is 24.3 Å². The van der Waals surface area contributed by atoms with Gasteiger partial charge in [0, 0.05) is 0 Å². The number of carbonyl (C=O) groups is 4. The molecule has 0 aliphatic heterocycles. The average molecular weight is 322 g/mol. The third-order valence-electron chi connectivity index (χ3n) is 4.31. The molecule has 0 saturated heterocycles. The number of hydrogen-bond acceptors (Lipinski definition) is 5. The number of carboxylic acid groups (broad SMARTS) is 2. The predicted molar refractivity (Wildman–Crippen MR) is 77.1 cm³/mol. The molecular weight excluding hydrogens is 304 g/mol. The largest absolute Gasteiger partial charge is 0.481 e. The Balaban J connectivity index is 2.05. The Morgan fingerprint density at radius 1 is 0.652 bits per heavy atom. The second-order valence-corrected chi connectivity index (χ2v) is 5.73. The first-order valence-corrected chi connectivity index (χ1v) is 7.43.